The summed E-state index contributed by atoms with van der Waals surface area (Å²) >= 11 is 0. The number of ether oxygens (including phenoxy) is 1. The first-order chi connectivity index (χ1) is 27.9. The van der Waals surface area contributed by atoms with E-state index in [2.05, 4.69) is 26.6 Å². The quantitative estimate of drug-likeness (QED) is 0.0763. The molecule has 3 rings (SSSR count). The Bertz CT molecular complexity index is 1860. The van der Waals surface area contributed by atoms with Crippen LogP contribution >= 0.6 is 0 Å². The lowest BCUT2D eigenvalue weighted by atomic mass is 9.94. The minimum atomic E-state index is -1.09. The summed E-state index contributed by atoms with van der Waals surface area (Å²) in [6, 6.07) is 17.3. The molecule has 0 bridgehead atoms. The fourth-order valence-corrected chi connectivity index (χ4v) is 6.95. The van der Waals surface area contributed by atoms with E-state index in [1.807, 2.05) is 114 Å². The first kappa shape index (κ1) is 50.8. The van der Waals surface area contributed by atoms with Crippen molar-refractivity contribution >= 4 is 46.3 Å². The van der Waals surface area contributed by atoms with Crippen LogP contribution in [0.25, 0.3) is 10.8 Å². The summed E-state index contributed by atoms with van der Waals surface area (Å²) < 4.78 is 4.95. The molecule has 60 heavy (non-hydrogen) atoms. The maximum Gasteiger partial charge on any atom is 0.328 e. The van der Waals surface area contributed by atoms with Gasteiger partial charge in [-0.25, -0.2) is 4.79 Å². The topological polar surface area (TPSA) is 198 Å². The van der Waals surface area contributed by atoms with Crippen molar-refractivity contribution in [1.82, 2.24) is 26.6 Å². The fraction of sp³-hybridized carbons (Fsp3) is 0.532. The van der Waals surface area contributed by atoms with Crippen molar-refractivity contribution in [2.45, 2.75) is 131 Å². The minimum absolute atomic E-state index is 0. The number of carbonyl (C=O) groups excluding carboxylic acids is 6. The van der Waals surface area contributed by atoms with Gasteiger partial charge in [0.25, 0.3) is 0 Å². The maximum absolute atomic E-state index is 14.1. The van der Waals surface area contributed by atoms with E-state index in [0.717, 1.165) is 21.9 Å². The number of nitrogens with two attached hydrogens (primary N) is 1. The SMILES string of the molecule is C.COC(=O)[C@@H](NC(=O)[C@H](Cc1cccc2ccccc12)NC(=O)C[C@H](N)[C@H](Cc1ccccc1)NC(=O)[C@@H](NC(=O)[C@H](CC(C)C)NC(=O)CC(C)C)C(C)C)C(C)C. The number of carbonyl (C=O) groups is 6. The number of hydrogen-bond donors (Lipinski definition) is 6. The summed E-state index contributed by atoms with van der Waals surface area (Å²) in [4.78, 5) is 80.9. The molecule has 6 atom stereocenters. The average Bonchev–Trinajstić information content (AvgIpc) is 3.17. The van der Waals surface area contributed by atoms with Gasteiger partial charge in [0.2, 0.25) is 29.5 Å². The summed E-state index contributed by atoms with van der Waals surface area (Å²) in [7, 11) is 1.25. The molecule has 0 aliphatic rings. The Labute approximate surface area is 357 Å². The third-order valence-corrected chi connectivity index (χ3v) is 10.1. The summed E-state index contributed by atoms with van der Waals surface area (Å²) in [6.45, 7) is 14.9. The number of amides is 5. The molecular formula is C47H70N6O7. The highest BCUT2D eigenvalue weighted by atomic mass is 16.5. The van der Waals surface area contributed by atoms with Crippen LogP contribution in [0, 0.1) is 23.7 Å². The van der Waals surface area contributed by atoms with Crippen molar-refractivity contribution < 1.29 is 33.5 Å². The van der Waals surface area contributed by atoms with Gasteiger partial charge in [-0.05, 0) is 58.4 Å². The normalized spacial score (nSPS) is 14.3. The van der Waals surface area contributed by atoms with Crippen molar-refractivity contribution in [1.29, 1.82) is 0 Å². The first-order valence-corrected chi connectivity index (χ1v) is 20.7. The molecule has 0 aromatic heterocycles. The maximum atomic E-state index is 14.1. The van der Waals surface area contributed by atoms with Gasteiger partial charge in [-0.3, -0.25) is 24.0 Å². The van der Waals surface area contributed by atoms with E-state index < -0.39 is 65.8 Å². The number of fused-ring (bicyclic) bond motifs is 1. The highest BCUT2D eigenvalue weighted by molar-refractivity contribution is 5.94. The molecule has 7 N–H and O–H groups in total. The van der Waals surface area contributed by atoms with E-state index in [4.69, 9.17) is 10.5 Å². The molecule has 330 valence electrons. The zero-order chi connectivity index (χ0) is 43.8. The van der Waals surface area contributed by atoms with E-state index >= 15 is 0 Å². The highest BCUT2D eigenvalue weighted by Crippen LogP contribution is 2.21. The summed E-state index contributed by atoms with van der Waals surface area (Å²) in [5, 5.41) is 16.3. The van der Waals surface area contributed by atoms with Gasteiger partial charge in [-0.2, -0.15) is 0 Å². The Hall–Kier alpha value is -5.30. The van der Waals surface area contributed by atoms with Crippen molar-refractivity contribution in [2.24, 2.45) is 29.4 Å². The van der Waals surface area contributed by atoms with Crippen LogP contribution in [0.2, 0.25) is 0 Å². The summed E-state index contributed by atoms with van der Waals surface area (Å²) in [5.41, 5.74) is 8.45. The largest absolute Gasteiger partial charge is 0.467 e. The molecule has 3 aromatic carbocycles. The van der Waals surface area contributed by atoms with E-state index in [1.165, 1.54) is 7.11 Å². The van der Waals surface area contributed by atoms with Gasteiger partial charge >= 0.3 is 5.97 Å². The second-order valence-corrected chi connectivity index (χ2v) is 17.0. The lowest BCUT2D eigenvalue weighted by Crippen LogP contribution is -2.59. The third-order valence-electron chi connectivity index (χ3n) is 10.1. The van der Waals surface area contributed by atoms with E-state index in [1.54, 1.807) is 13.8 Å². The van der Waals surface area contributed by atoms with Gasteiger partial charge in [0, 0.05) is 31.3 Å². The van der Waals surface area contributed by atoms with Crippen LogP contribution < -0.4 is 32.3 Å². The van der Waals surface area contributed by atoms with Crippen LogP contribution in [0.3, 0.4) is 0 Å². The molecule has 0 saturated carbocycles. The van der Waals surface area contributed by atoms with Crippen LogP contribution in [0.1, 0.15) is 93.2 Å². The van der Waals surface area contributed by atoms with Crippen LogP contribution in [0.4, 0.5) is 0 Å². The van der Waals surface area contributed by atoms with Gasteiger partial charge in [0.15, 0.2) is 0 Å². The molecule has 0 unspecified atom stereocenters. The molecule has 0 radical (unpaired) electrons. The first-order valence-electron chi connectivity index (χ1n) is 20.7. The van der Waals surface area contributed by atoms with Crippen molar-refractivity contribution in [3.8, 4) is 0 Å². The minimum Gasteiger partial charge on any atom is -0.467 e. The molecule has 13 heteroatoms. The van der Waals surface area contributed by atoms with Crippen LogP contribution in [0.5, 0.6) is 0 Å². The Morgan fingerprint density at radius 3 is 1.73 bits per heavy atom. The van der Waals surface area contributed by atoms with Gasteiger partial charge in [-0.15, -0.1) is 0 Å². The zero-order valence-corrected chi connectivity index (χ0v) is 36.2. The molecule has 0 aliphatic carbocycles. The van der Waals surface area contributed by atoms with Gasteiger partial charge in [0.05, 0.1) is 7.11 Å². The summed E-state index contributed by atoms with van der Waals surface area (Å²) in [6.07, 6.45) is 0.785. The van der Waals surface area contributed by atoms with E-state index in [0.29, 0.717) is 6.42 Å². The van der Waals surface area contributed by atoms with Gasteiger partial charge in [-0.1, -0.05) is 136 Å². The van der Waals surface area contributed by atoms with Crippen molar-refractivity contribution in [3.63, 3.8) is 0 Å². The van der Waals surface area contributed by atoms with Crippen LogP contribution in [-0.4, -0.2) is 78.9 Å². The molecule has 5 amide bonds. The lowest BCUT2D eigenvalue weighted by Gasteiger charge is -2.30. The van der Waals surface area contributed by atoms with E-state index in [-0.39, 0.29) is 62.7 Å². The fourth-order valence-electron chi connectivity index (χ4n) is 6.95. The Morgan fingerprint density at radius 1 is 0.583 bits per heavy atom. The predicted molar refractivity (Wildman–Crippen MR) is 237 cm³/mol. The molecule has 3 aromatic rings. The number of rotatable bonds is 22. The molecule has 0 saturated heterocycles. The zero-order valence-electron chi connectivity index (χ0n) is 36.2. The lowest BCUT2D eigenvalue weighted by molar-refractivity contribution is -0.146. The number of benzene rings is 3. The standard InChI is InChI=1S/C46H66N6O7.CH4/c1-27(2)22-37(48-39(53)23-28(3)4)43(55)51-41(29(5)6)45(57)50-36(24-31-16-11-10-12-17-31)35(47)26-40(54)49-38(44(56)52-42(30(7)8)46(58)59-9)25-33-20-15-19-32-18-13-14-21-34(32)33;/h10-21,27-30,35-38,41-42H,22-26,47H2,1-9H3,(H,48,53)(H,49,54)(H,50,57)(H,51,55)(H,52,56);1H4/t35-,36-,37-,38-,41-,42-;/m0./s1. The van der Waals surface area contributed by atoms with Gasteiger partial charge < -0.3 is 37.1 Å². The third kappa shape index (κ3) is 16.0. The second-order valence-electron chi connectivity index (χ2n) is 17.0. The smallest absolute Gasteiger partial charge is 0.328 e. The second kappa shape index (κ2) is 24.7. The van der Waals surface area contributed by atoms with E-state index in [9.17, 15) is 28.8 Å². The Kier molecular flexibility index (Phi) is 20.9. The Morgan fingerprint density at radius 2 is 1.13 bits per heavy atom. The number of nitrogens with one attached hydrogen (secondary N) is 5. The average molecular weight is 831 g/mol. The number of methoxy groups -OCH3 is 1. The summed E-state index contributed by atoms with van der Waals surface area (Å²) in [5.74, 6) is -3.32. The van der Waals surface area contributed by atoms with Crippen molar-refractivity contribution in [2.75, 3.05) is 7.11 Å². The predicted octanol–water partition coefficient (Wildman–Crippen LogP) is 4.98. The number of hydrogen-bond acceptors (Lipinski definition) is 8. The number of esters is 1. The highest BCUT2D eigenvalue weighted by Gasteiger charge is 2.34. The van der Waals surface area contributed by atoms with Crippen LogP contribution in [0.15, 0.2) is 72.8 Å². The molecule has 0 fully saturated rings. The monoisotopic (exact) mass is 831 g/mol. The molecule has 0 spiro atoms. The van der Waals surface area contributed by atoms with Gasteiger partial charge in [0.1, 0.15) is 24.2 Å². The van der Waals surface area contributed by atoms with Crippen molar-refractivity contribution in [3.05, 3.63) is 83.9 Å². The molecule has 13 nitrogen and oxygen atoms in total. The van der Waals surface area contributed by atoms with Crippen LogP contribution in [-0.2, 0) is 46.3 Å². The Balaban J connectivity index is 0.0000124. The molecular weight excluding hydrogens is 761 g/mol. The molecule has 0 heterocycles. The molecule has 0 aliphatic heterocycles.